The van der Waals surface area contributed by atoms with Gasteiger partial charge in [0.25, 0.3) is 5.92 Å². The minimum Gasteiger partial charge on any atom is -0.394 e. The number of aromatic nitrogens is 2. The molecule has 8 heteroatoms. The second-order valence-corrected chi connectivity index (χ2v) is 6.27. The van der Waals surface area contributed by atoms with Crippen molar-refractivity contribution in [3.8, 4) is 0 Å². The van der Waals surface area contributed by atoms with Crippen molar-refractivity contribution in [1.29, 1.82) is 0 Å². The van der Waals surface area contributed by atoms with Crippen LogP contribution in [0.3, 0.4) is 0 Å². The van der Waals surface area contributed by atoms with Gasteiger partial charge in [0.1, 0.15) is 5.82 Å². The first-order chi connectivity index (χ1) is 9.59. The molecule has 1 aromatic heterocycles. The summed E-state index contributed by atoms with van der Waals surface area (Å²) >= 11 is 0. The van der Waals surface area contributed by atoms with Crippen LogP contribution in [0.5, 0.6) is 0 Å². The molecular formula is C13H19F2N3O3. The van der Waals surface area contributed by atoms with Gasteiger partial charge in [-0.2, -0.15) is 4.98 Å². The van der Waals surface area contributed by atoms with Gasteiger partial charge in [-0.25, -0.2) is 13.6 Å². The molecule has 1 fully saturated rings. The molecule has 0 amide bonds. The van der Waals surface area contributed by atoms with E-state index in [0.29, 0.717) is 4.57 Å². The lowest BCUT2D eigenvalue weighted by atomic mass is 9.74. The Kier molecular flexibility index (Phi) is 3.79. The first kappa shape index (κ1) is 15.8. The molecule has 0 spiro atoms. The van der Waals surface area contributed by atoms with Gasteiger partial charge in [0.2, 0.25) is 6.23 Å². The smallest absolute Gasteiger partial charge is 0.351 e. The number of hydrogen-bond donors (Lipinski definition) is 2. The molecule has 3 atom stereocenters. The number of rotatable bonds is 2. The first-order valence-corrected chi connectivity index (χ1v) is 6.58. The third kappa shape index (κ3) is 2.65. The Morgan fingerprint density at radius 3 is 2.57 bits per heavy atom. The predicted octanol–water partition coefficient (Wildman–Crippen LogP) is 1.01. The van der Waals surface area contributed by atoms with E-state index in [9.17, 15) is 18.7 Å². The molecule has 118 valence electrons. The molecule has 2 heterocycles. The quantitative estimate of drug-likeness (QED) is 0.851. The average Bonchev–Trinajstić information content (AvgIpc) is 2.60. The van der Waals surface area contributed by atoms with Crippen LogP contribution in [-0.4, -0.2) is 33.3 Å². The van der Waals surface area contributed by atoms with E-state index in [2.05, 4.69) is 4.98 Å². The molecule has 6 nitrogen and oxygen atoms in total. The molecule has 0 bridgehead atoms. The van der Waals surface area contributed by atoms with Crippen molar-refractivity contribution in [2.75, 3.05) is 12.3 Å². The predicted molar refractivity (Wildman–Crippen MR) is 71.8 cm³/mol. The fraction of sp³-hybridized carbons (Fsp3) is 0.692. The highest BCUT2D eigenvalue weighted by Gasteiger charge is 2.63. The van der Waals surface area contributed by atoms with Gasteiger partial charge in [0, 0.05) is 6.20 Å². The number of ether oxygens (including phenoxy) is 1. The zero-order chi connectivity index (χ0) is 16.0. The molecular weight excluding hydrogens is 284 g/mol. The summed E-state index contributed by atoms with van der Waals surface area (Å²) in [5, 5.41) is 9.33. The number of alkyl halides is 2. The Balaban J connectivity index is 2.49. The highest BCUT2D eigenvalue weighted by atomic mass is 19.3. The van der Waals surface area contributed by atoms with Crippen LogP contribution in [-0.2, 0) is 4.74 Å². The number of aliphatic hydroxyl groups excluding tert-OH is 1. The fourth-order valence-corrected chi connectivity index (χ4v) is 2.88. The van der Waals surface area contributed by atoms with E-state index in [1.54, 1.807) is 20.8 Å². The Labute approximate surface area is 120 Å². The summed E-state index contributed by atoms with van der Waals surface area (Å²) < 4.78 is 35.4. The van der Waals surface area contributed by atoms with Crippen LogP contribution in [0.4, 0.5) is 14.6 Å². The largest absolute Gasteiger partial charge is 0.394 e. The third-order valence-corrected chi connectivity index (χ3v) is 3.64. The molecule has 1 saturated heterocycles. The van der Waals surface area contributed by atoms with Crippen molar-refractivity contribution in [3.63, 3.8) is 0 Å². The van der Waals surface area contributed by atoms with Crippen molar-refractivity contribution in [3.05, 3.63) is 22.7 Å². The number of halogens is 2. The van der Waals surface area contributed by atoms with Gasteiger partial charge in [-0.05, 0) is 11.5 Å². The average molecular weight is 303 g/mol. The van der Waals surface area contributed by atoms with E-state index in [-0.39, 0.29) is 5.82 Å². The minimum absolute atomic E-state index is 0.0522. The lowest BCUT2D eigenvalue weighted by molar-refractivity contribution is -0.138. The van der Waals surface area contributed by atoms with E-state index in [1.807, 2.05) is 0 Å². The molecule has 0 saturated carbocycles. The molecule has 0 radical (unpaired) electrons. The maximum Gasteiger partial charge on any atom is 0.351 e. The number of nitrogens with zero attached hydrogens (tertiary/aromatic N) is 2. The number of hydrogen-bond acceptors (Lipinski definition) is 5. The van der Waals surface area contributed by atoms with E-state index in [0.717, 1.165) is 6.20 Å². The van der Waals surface area contributed by atoms with Crippen molar-refractivity contribution in [2.24, 2.45) is 11.3 Å². The molecule has 2 rings (SSSR count). The highest BCUT2D eigenvalue weighted by molar-refractivity contribution is 5.23. The standard InChI is InChI=1S/C13H19F2N3O3/c1-12(2,3)9-7(6-19)21-10(13(9,14)15)18-5-4-8(16)17-11(18)20/h4-5,7,9-10,19H,6H2,1-3H3,(H2,16,17,20)/t7?,9-,10-/m1/s1. The van der Waals surface area contributed by atoms with Gasteiger partial charge in [-0.1, -0.05) is 20.8 Å². The summed E-state index contributed by atoms with van der Waals surface area (Å²) in [7, 11) is 0. The third-order valence-electron chi connectivity index (χ3n) is 3.64. The zero-order valence-electron chi connectivity index (χ0n) is 12.1. The maximum atomic E-state index is 14.7. The van der Waals surface area contributed by atoms with Gasteiger partial charge in [0.05, 0.1) is 18.6 Å². The van der Waals surface area contributed by atoms with Gasteiger partial charge < -0.3 is 15.6 Å². The van der Waals surface area contributed by atoms with Crippen LogP contribution in [0.1, 0.15) is 27.0 Å². The van der Waals surface area contributed by atoms with Crippen LogP contribution in [0.2, 0.25) is 0 Å². The van der Waals surface area contributed by atoms with Crippen molar-refractivity contribution in [2.45, 2.75) is 39.0 Å². The fourth-order valence-electron chi connectivity index (χ4n) is 2.88. The molecule has 1 unspecified atom stereocenters. The van der Waals surface area contributed by atoms with Crippen molar-refractivity contribution >= 4 is 5.82 Å². The number of aliphatic hydroxyl groups is 1. The summed E-state index contributed by atoms with van der Waals surface area (Å²) in [6.45, 7) is 4.38. The van der Waals surface area contributed by atoms with Crippen molar-refractivity contribution < 1.29 is 18.6 Å². The van der Waals surface area contributed by atoms with Gasteiger partial charge in [-0.3, -0.25) is 4.57 Å². The number of anilines is 1. The Morgan fingerprint density at radius 2 is 2.14 bits per heavy atom. The Bertz CT molecular complexity index is 583. The summed E-state index contributed by atoms with van der Waals surface area (Å²) in [5.41, 5.74) is 3.63. The number of nitrogen functional groups attached to an aromatic ring is 1. The highest BCUT2D eigenvalue weighted by Crippen LogP contribution is 2.53. The van der Waals surface area contributed by atoms with Gasteiger partial charge in [0.15, 0.2) is 0 Å². The number of nitrogens with two attached hydrogens (primary N) is 1. The SMILES string of the molecule is CC(C)(C)[C@H]1C(CO)O[C@@H](n2ccc(N)nc2=O)C1(F)F. The molecule has 0 aliphatic carbocycles. The monoisotopic (exact) mass is 303 g/mol. The molecule has 1 aliphatic rings. The van der Waals surface area contributed by atoms with Crippen LogP contribution in [0.15, 0.2) is 17.1 Å². The first-order valence-electron chi connectivity index (χ1n) is 6.58. The van der Waals surface area contributed by atoms with Gasteiger partial charge in [-0.15, -0.1) is 0 Å². The lowest BCUT2D eigenvalue weighted by Gasteiger charge is -2.34. The summed E-state index contributed by atoms with van der Waals surface area (Å²) in [6, 6.07) is 1.25. The topological polar surface area (TPSA) is 90.4 Å². The van der Waals surface area contributed by atoms with Gasteiger partial charge >= 0.3 is 5.69 Å². The second kappa shape index (κ2) is 5.03. The van der Waals surface area contributed by atoms with Crippen LogP contribution >= 0.6 is 0 Å². The normalized spacial score (nSPS) is 28.8. The Morgan fingerprint density at radius 1 is 1.52 bits per heavy atom. The van der Waals surface area contributed by atoms with E-state index >= 15 is 0 Å². The summed E-state index contributed by atoms with van der Waals surface area (Å²) in [6.07, 6.45) is -1.74. The van der Waals surface area contributed by atoms with Crippen LogP contribution < -0.4 is 11.4 Å². The lowest BCUT2D eigenvalue weighted by Crippen LogP contribution is -2.44. The molecule has 3 N–H and O–H groups in total. The molecule has 1 aromatic rings. The summed E-state index contributed by atoms with van der Waals surface area (Å²) in [4.78, 5) is 15.2. The zero-order valence-corrected chi connectivity index (χ0v) is 12.1. The van der Waals surface area contributed by atoms with E-state index in [4.69, 9.17) is 10.5 Å². The molecule has 21 heavy (non-hydrogen) atoms. The van der Waals surface area contributed by atoms with Crippen LogP contribution in [0, 0.1) is 11.3 Å². The maximum absolute atomic E-state index is 14.7. The molecule has 0 aromatic carbocycles. The summed E-state index contributed by atoms with van der Waals surface area (Å²) in [5.74, 6) is -4.61. The van der Waals surface area contributed by atoms with Crippen LogP contribution in [0.25, 0.3) is 0 Å². The van der Waals surface area contributed by atoms with E-state index < -0.39 is 41.9 Å². The minimum atomic E-state index is -3.33. The van der Waals surface area contributed by atoms with Crippen molar-refractivity contribution in [1.82, 2.24) is 9.55 Å². The Hall–Kier alpha value is -1.54. The molecule has 1 aliphatic heterocycles. The second-order valence-electron chi connectivity index (χ2n) is 6.27. The van der Waals surface area contributed by atoms with E-state index in [1.165, 1.54) is 6.07 Å².